The number of anilines is 1. The molecule has 2 aliphatic carbocycles. The van der Waals surface area contributed by atoms with Gasteiger partial charge in [-0.3, -0.25) is 4.79 Å². The SMILES string of the molecule is CCCCCC1C=CC(CCCCCC(C(=O)O)C(O)CCC2(O)CC(Cc3ccnc(N)c3)CC2Cc2ccc(-c3cc(O)cc([O-])c3Cc3ccc(C(C)C)cc3)[nH]2)C(O)C1. The van der Waals surface area contributed by atoms with Crippen LogP contribution in [0.3, 0.4) is 0 Å². The van der Waals surface area contributed by atoms with Gasteiger partial charge < -0.3 is 41.4 Å². The van der Waals surface area contributed by atoms with Crippen molar-refractivity contribution in [3.05, 3.63) is 107 Å². The van der Waals surface area contributed by atoms with Crippen molar-refractivity contribution in [2.75, 3.05) is 5.73 Å². The smallest absolute Gasteiger partial charge is 0.309 e. The number of nitrogens with two attached hydrogens (primary N) is 1. The summed E-state index contributed by atoms with van der Waals surface area (Å²) in [5.74, 6) is -0.950. The van der Waals surface area contributed by atoms with Gasteiger partial charge in [-0.1, -0.05) is 95.7 Å². The van der Waals surface area contributed by atoms with Gasteiger partial charge in [0.05, 0.1) is 23.7 Å². The summed E-state index contributed by atoms with van der Waals surface area (Å²) >= 11 is 0. The van der Waals surface area contributed by atoms with E-state index in [1.165, 1.54) is 30.9 Å². The second-order valence-electron chi connectivity index (χ2n) is 19.3. The van der Waals surface area contributed by atoms with Crippen molar-refractivity contribution in [2.45, 2.75) is 154 Å². The topological polar surface area (TPSA) is 196 Å². The lowest BCUT2D eigenvalue weighted by Gasteiger charge is -2.32. The Morgan fingerprint density at radius 2 is 1.71 bits per heavy atom. The molecule has 8 unspecified atom stereocenters. The van der Waals surface area contributed by atoms with Crippen LogP contribution in [0.5, 0.6) is 11.5 Å². The number of nitrogen functional groups attached to an aromatic ring is 1. The molecule has 0 aliphatic heterocycles. The fourth-order valence-electron chi connectivity index (χ4n) is 10.5. The Morgan fingerprint density at radius 1 is 0.937 bits per heavy atom. The molecule has 10 nitrogen and oxygen atoms in total. The molecule has 2 aliphatic rings. The highest BCUT2D eigenvalue weighted by molar-refractivity contribution is 5.71. The van der Waals surface area contributed by atoms with E-state index in [4.69, 9.17) is 5.73 Å². The molecule has 2 heterocycles. The van der Waals surface area contributed by atoms with Crippen LogP contribution < -0.4 is 10.8 Å². The predicted molar refractivity (Wildman–Crippen MR) is 248 cm³/mol. The molecule has 0 saturated heterocycles. The van der Waals surface area contributed by atoms with Crippen LogP contribution in [0.2, 0.25) is 0 Å². The number of unbranched alkanes of at least 4 members (excludes halogenated alkanes) is 4. The van der Waals surface area contributed by atoms with E-state index in [9.17, 15) is 35.4 Å². The van der Waals surface area contributed by atoms with Crippen LogP contribution in [0.15, 0.2) is 79.0 Å². The highest BCUT2D eigenvalue weighted by Gasteiger charge is 2.46. The van der Waals surface area contributed by atoms with Crippen LogP contribution in [-0.4, -0.2) is 59.3 Å². The third-order valence-electron chi connectivity index (χ3n) is 14.2. The summed E-state index contributed by atoms with van der Waals surface area (Å²) in [6, 6.07) is 18.8. The summed E-state index contributed by atoms with van der Waals surface area (Å²) in [7, 11) is 0. The van der Waals surface area contributed by atoms with Crippen molar-refractivity contribution in [3.8, 4) is 22.8 Å². The monoisotopic (exact) mass is 863 g/mol. The molecule has 0 amide bonds. The van der Waals surface area contributed by atoms with Crippen molar-refractivity contribution in [2.24, 2.45) is 29.6 Å². The number of hydrogen-bond acceptors (Lipinski definition) is 8. The molecule has 342 valence electrons. The second-order valence-corrected chi connectivity index (χ2v) is 19.3. The van der Waals surface area contributed by atoms with Crippen LogP contribution in [0.4, 0.5) is 5.82 Å². The average Bonchev–Trinajstić information content (AvgIpc) is 3.83. The van der Waals surface area contributed by atoms with Gasteiger partial charge in [-0.05, 0) is 153 Å². The quantitative estimate of drug-likeness (QED) is 0.0281. The van der Waals surface area contributed by atoms with Gasteiger partial charge >= 0.3 is 5.97 Å². The number of carboxylic acid groups (broad SMARTS) is 1. The third-order valence-corrected chi connectivity index (χ3v) is 14.2. The number of aliphatic hydroxyl groups excluding tert-OH is 2. The van der Waals surface area contributed by atoms with Crippen molar-refractivity contribution in [1.29, 1.82) is 0 Å². The number of nitrogens with zero attached hydrogens (tertiary/aromatic N) is 1. The molecule has 0 spiro atoms. The fraction of sp³-hybridized carbons (Fsp3) is 0.547. The zero-order valence-electron chi connectivity index (χ0n) is 37.7. The molecule has 4 aromatic rings. The number of nitrogens with one attached hydrogen (secondary N) is 1. The van der Waals surface area contributed by atoms with E-state index < -0.39 is 23.6 Å². The first-order valence-corrected chi connectivity index (χ1v) is 23.7. The van der Waals surface area contributed by atoms with Gasteiger partial charge in [-0.25, -0.2) is 4.98 Å². The first-order valence-electron chi connectivity index (χ1n) is 23.7. The highest BCUT2D eigenvalue weighted by Crippen LogP contribution is 2.46. The molecule has 0 bridgehead atoms. The standard InChI is InChI=1S/C53H73N3O7/c1-4-5-7-10-35-15-18-40(49(59)28-35)11-8-6-9-12-44(52(61)62)48(58)21-23-53(63)33-38(25-37-22-24-55-51(54)29-37)26-41(53)30-42-19-20-47(56-42)45-31-43(57)32-50(60)46(45)27-36-13-16-39(17-14-36)34(2)3/h13-20,22,24,29,31-32,34-35,38,40-41,44,48-49,56-60,63H,4-12,21,23,25-28,30,33H2,1-3H3,(H2,54,55)(H,61,62)/p-1. The van der Waals surface area contributed by atoms with E-state index in [2.05, 4.69) is 55.0 Å². The zero-order chi connectivity index (χ0) is 45.1. The molecule has 1 fully saturated rings. The minimum atomic E-state index is -1.16. The Bertz CT molecular complexity index is 2100. The molecule has 8 N–H and O–H groups in total. The van der Waals surface area contributed by atoms with Crippen molar-refractivity contribution < 1.29 is 35.4 Å². The minimum absolute atomic E-state index is 0.101. The van der Waals surface area contributed by atoms with Crippen molar-refractivity contribution >= 4 is 11.8 Å². The maximum absolute atomic E-state index is 13.3. The molecular weight excluding hydrogens is 791 g/mol. The molecule has 10 heteroatoms. The predicted octanol–water partition coefficient (Wildman–Crippen LogP) is 9.62. The van der Waals surface area contributed by atoms with Gasteiger partial charge in [-0.2, -0.15) is 0 Å². The Hall–Kier alpha value is -4.64. The van der Waals surface area contributed by atoms with Gasteiger partial charge in [0.1, 0.15) is 11.6 Å². The number of aliphatic hydroxyl groups is 3. The highest BCUT2D eigenvalue weighted by atomic mass is 16.4. The summed E-state index contributed by atoms with van der Waals surface area (Å²) < 4.78 is 0. The number of rotatable bonds is 23. The van der Waals surface area contributed by atoms with Gasteiger partial charge in [-0.15, -0.1) is 5.75 Å². The minimum Gasteiger partial charge on any atom is -0.872 e. The fourth-order valence-corrected chi connectivity index (χ4v) is 10.5. The number of hydrogen-bond donors (Lipinski definition) is 7. The number of H-pyrrole nitrogens is 1. The maximum Gasteiger partial charge on any atom is 0.309 e. The Morgan fingerprint density at radius 3 is 2.43 bits per heavy atom. The number of allylic oxidation sites excluding steroid dienone is 1. The molecule has 0 radical (unpaired) electrons. The van der Waals surface area contributed by atoms with Gasteiger partial charge in [0.25, 0.3) is 0 Å². The molecule has 6 rings (SSSR count). The van der Waals surface area contributed by atoms with E-state index in [-0.39, 0.29) is 48.2 Å². The van der Waals surface area contributed by atoms with E-state index in [1.54, 1.807) is 12.3 Å². The molecule has 2 aromatic carbocycles. The first-order chi connectivity index (χ1) is 30.2. The van der Waals surface area contributed by atoms with Gasteiger partial charge in [0.15, 0.2) is 0 Å². The first kappa shape index (κ1) is 47.8. The number of aromatic hydroxyl groups is 1. The summed E-state index contributed by atoms with van der Waals surface area (Å²) in [4.78, 5) is 20.1. The zero-order valence-corrected chi connectivity index (χ0v) is 37.7. The summed E-state index contributed by atoms with van der Waals surface area (Å²) in [5, 5.41) is 68.7. The van der Waals surface area contributed by atoms with E-state index in [0.29, 0.717) is 79.4 Å². The average molecular weight is 863 g/mol. The second kappa shape index (κ2) is 22.3. The van der Waals surface area contributed by atoms with E-state index in [1.807, 2.05) is 36.4 Å². The van der Waals surface area contributed by atoms with Gasteiger partial charge in [0, 0.05) is 29.1 Å². The maximum atomic E-state index is 13.3. The number of phenolic OH excluding ortho intramolecular Hbond substituents is 1. The third kappa shape index (κ3) is 13.2. The summed E-state index contributed by atoms with van der Waals surface area (Å²) in [6.45, 7) is 6.49. The van der Waals surface area contributed by atoms with Crippen molar-refractivity contribution in [3.63, 3.8) is 0 Å². The summed E-state index contributed by atoms with van der Waals surface area (Å²) in [5.41, 5.74) is 10.9. The number of pyridine rings is 1. The molecular formula is C53H72N3O7-. The number of carbonyl (C=O) groups is 1. The van der Waals surface area contributed by atoms with Crippen LogP contribution in [0.1, 0.15) is 145 Å². The lowest BCUT2D eigenvalue weighted by Crippen LogP contribution is -2.37. The lowest BCUT2D eigenvalue weighted by atomic mass is 9.80. The number of aliphatic carboxylic acids is 1. The Balaban J connectivity index is 1.10. The van der Waals surface area contributed by atoms with E-state index in [0.717, 1.165) is 48.9 Å². The van der Waals surface area contributed by atoms with Crippen LogP contribution in [-0.2, 0) is 24.1 Å². The van der Waals surface area contributed by atoms with Crippen LogP contribution >= 0.6 is 0 Å². The van der Waals surface area contributed by atoms with Crippen LogP contribution in [0, 0.1) is 29.6 Å². The number of aromatic amines is 1. The molecule has 1 saturated carbocycles. The molecule has 8 atom stereocenters. The van der Waals surface area contributed by atoms with Crippen molar-refractivity contribution in [1.82, 2.24) is 9.97 Å². The van der Waals surface area contributed by atoms with E-state index >= 15 is 0 Å². The number of benzene rings is 2. The molecule has 63 heavy (non-hydrogen) atoms. The number of carboxylic acids is 1. The normalized spacial score (nSPS) is 23.3. The largest absolute Gasteiger partial charge is 0.872 e. The van der Waals surface area contributed by atoms with Gasteiger partial charge in [0.2, 0.25) is 0 Å². The molecule has 2 aromatic heterocycles. The number of aromatic nitrogens is 2. The lowest BCUT2D eigenvalue weighted by molar-refractivity contribution is -0.269. The number of phenols is 1. The Labute approximate surface area is 374 Å². The Kier molecular flexibility index (Phi) is 16.9. The summed E-state index contributed by atoms with van der Waals surface area (Å²) in [6.07, 6.45) is 17.1. The van der Waals surface area contributed by atoms with Crippen LogP contribution in [0.25, 0.3) is 11.3 Å².